The van der Waals surface area contributed by atoms with Gasteiger partial charge in [-0.05, 0) is 12.3 Å². The summed E-state index contributed by atoms with van der Waals surface area (Å²) < 4.78 is 0. The molecule has 2 nitrogen and oxygen atoms in total. The summed E-state index contributed by atoms with van der Waals surface area (Å²) >= 11 is 0. The van der Waals surface area contributed by atoms with Gasteiger partial charge in [0.05, 0.1) is 5.41 Å². The van der Waals surface area contributed by atoms with Gasteiger partial charge in [-0.25, -0.2) is 0 Å². The summed E-state index contributed by atoms with van der Waals surface area (Å²) in [5.74, 6) is 0.0295. The van der Waals surface area contributed by atoms with Crippen molar-refractivity contribution in [3.05, 3.63) is 71.8 Å². The standard InChI is InChI=1S/C18H16O2/c1-13-12-18(13,16(19)14-8-4-2-5-9-14)17(20)15-10-6-3-7-11-15/h2-11,13H,12H2,1H3. The molecule has 0 heterocycles. The Morgan fingerprint density at radius 1 is 0.850 bits per heavy atom. The molecular weight excluding hydrogens is 248 g/mol. The van der Waals surface area contributed by atoms with Crippen LogP contribution in [-0.2, 0) is 0 Å². The number of hydrogen-bond donors (Lipinski definition) is 0. The van der Waals surface area contributed by atoms with Crippen molar-refractivity contribution in [2.75, 3.05) is 0 Å². The van der Waals surface area contributed by atoms with Crippen molar-refractivity contribution in [1.82, 2.24) is 0 Å². The van der Waals surface area contributed by atoms with E-state index in [0.717, 1.165) is 0 Å². The fourth-order valence-corrected chi connectivity index (χ4v) is 2.85. The molecule has 1 saturated carbocycles. The van der Waals surface area contributed by atoms with E-state index in [4.69, 9.17) is 0 Å². The van der Waals surface area contributed by atoms with Gasteiger partial charge in [0.1, 0.15) is 0 Å². The molecular formula is C18H16O2. The lowest BCUT2D eigenvalue weighted by Gasteiger charge is -2.14. The summed E-state index contributed by atoms with van der Waals surface area (Å²) in [5, 5.41) is 0. The first-order valence-electron chi connectivity index (χ1n) is 6.86. The van der Waals surface area contributed by atoms with Crippen molar-refractivity contribution < 1.29 is 9.59 Å². The largest absolute Gasteiger partial charge is 0.293 e. The maximum absolute atomic E-state index is 12.7. The average molecular weight is 264 g/mol. The molecule has 1 atom stereocenters. The maximum atomic E-state index is 12.7. The quantitative estimate of drug-likeness (QED) is 0.622. The molecule has 1 unspecified atom stereocenters. The minimum absolute atomic E-state index is 0.0422. The smallest absolute Gasteiger partial charge is 0.177 e. The molecule has 20 heavy (non-hydrogen) atoms. The van der Waals surface area contributed by atoms with E-state index in [-0.39, 0.29) is 17.5 Å². The summed E-state index contributed by atoms with van der Waals surface area (Å²) in [7, 11) is 0. The van der Waals surface area contributed by atoms with Crippen LogP contribution in [0.4, 0.5) is 0 Å². The average Bonchev–Trinajstić information content (AvgIpc) is 3.20. The third kappa shape index (κ3) is 1.88. The second kappa shape index (κ2) is 4.71. The normalized spacial score (nSPS) is 19.4. The number of Topliss-reactive ketones (excluding diaryl/α,β-unsaturated/α-hetero) is 2. The molecule has 1 aliphatic carbocycles. The van der Waals surface area contributed by atoms with Gasteiger partial charge in [-0.2, -0.15) is 0 Å². The molecule has 100 valence electrons. The van der Waals surface area contributed by atoms with Gasteiger partial charge in [0, 0.05) is 11.1 Å². The van der Waals surface area contributed by atoms with Crippen molar-refractivity contribution >= 4 is 11.6 Å². The summed E-state index contributed by atoms with van der Waals surface area (Å²) in [5.41, 5.74) is 0.408. The Balaban J connectivity index is 1.97. The first-order chi connectivity index (χ1) is 9.66. The zero-order valence-corrected chi connectivity index (χ0v) is 11.4. The van der Waals surface area contributed by atoms with Crippen molar-refractivity contribution in [3.63, 3.8) is 0 Å². The Kier molecular flexibility index (Phi) is 3.01. The number of ketones is 2. The van der Waals surface area contributed by atoms with Gasteiger partial charge in [-0.1, -0.05) is 67.6 Å². The van der Waals surface area contributed by atoms with Gasteiger partial charge >= 0.3 is 0 Å². The van der Waals surface area contributed by atoms with E-state index in [1.54, 1.807) is 24.3 Å². The van der Waals surface area contributed by atoms with E-state index in [1.807, 2.05) is 43.3 Å². The molecule has 2 aromatic carbocycles. The Hall–Kier alpha value is -2.22. The van der Waals surface area contributed by atoms with Crippen LogP contribution in [0.2, 0.25) is 0 Å². The second-order valence-electron chi connectivity index (χ2n) is 5.47. The second-order valence-corrected chi connectivity index (χ2v) is 5.47. The van der Waals surface area contributed by atoms with Crippen molar-refractivity contribution in [2.24, 2.45) is 11.3 Å². The van der Waals surface area contributed by atoms with Crippen LogP contribution in [0.15, 0.2) is 60.7 Å². The predicted octanol–water partition coefficient (Wildman–Crippen LogP) is 3.78. The first kappa shape index (κ1) is 12.8. The SMILES string of the molecule is CC1CC1(C(=O)c1ccccc1)C(=O)c1ccccc1. The predicted molar refractivity (Wildman–Crippen MR) is 77.8 cm³/mol. The summed E-state index contributed by atoms with van der Waals surface area (Å²) in [6.07, 6.45) is 0.647. The van der Waals surface area contributed by atoms with Gasteiger partial charge in [0.2, 0.25) is 0 Å². The molecule has 0 spiro atoms. The molecule has 2 heteroatoms. The summed E-state index contributed by atoms with van der Waals surface area (Å²) in [6.45, 7) is 1.97. The molecule has 0 aliphatic heterocycles. The number of rotatable bonds is 4. The molecule has 0 N–H and O–H groups in total. The van der Waals surface area contributed by atoms with Crippen LogP contribution in [0.3, 0.4) is 0 Å². The Bertz CT molecular complexity index is 592. The molecule has 0 radical (unpaired) electrons. The minimum Gasteiger partial charge on any atom is -0.293 e. The summed E-state index contributed by atoms with van der Waals surface area (Å²) in [4.78, 5) is 25.5. The molecule has 0 aromatic heterocycles. The zero-order chi connectivity index (χ0) is 14.2. The van der Waals surface area contributed by atoms with E-state index in [0.29, 0.717) is 17.5 Å². The van der Waals surface area contributed by atoms with Crippen LogP contribution >= 0.6 is 0 Å². The monoisotopic (exact) mass is 264 g/mol. The lowest BCUT2D eigenvalue weighted by molar-refractivity contribution is 0.0769. The maximum Gasteiger partial charge on any atom is 0.177 e. The highest BCUT2D eigenvalue weighted by molar-refractivity contribution is 6.22. The van der Waals surface area contributed by atoms with Crippen molar-refractivity contribution in [1.29, 1.82) is 0 Å². The fourth-order valence-electron chi connectivity index (χ4n) is 2.85. The van der Waals surface area contributed by atoms with Gasteiger partial charge in [0.15, 0.2) is 11.6 Å². The lowest BCUT2D eigenvalue weighted by atomic mass is 9.85. The van der Waals surface area contributed by atoms with E-state index in [2.05, 4.69) is 0 Å². The summed E-state index contributed by atoms with van der Waals surface area (Å²) in [6, 6.07) is 18.2. The highest BCUT2D eigenvalue weighted by atomic mass is 16.2. The van der Waals surface area contributed by atoms with Crippen molar-refractivity contribution in [3.8, 4) is 0 Å². The molecule has 1 aliphatic rings. The zero-order valence-electron chi connectivity index (χ0n) is 11.4. The molecule has 1 fully saturated rings. The highest BCUT2D eigenvalue weighted by Crippen LogP contribution is 2.56. The van der Waals surface area contributed by atoms with Gasteiger partial charge in [0.25, 0.3) is 0 Å². The molecule has 2 aromatic rings. The third-order valence-corrected chi connectivity index (χ3v) is 4.19. The van der Waals surface area contributed by atoms with Gasteiger partial charge in [-0.15, -0.1) is 0 Å². The molecule has 0 bridgehead atoms. The number of carbonyl (C=O) groups is 2. The van der Waals surface area contributed by atoms with Crippen LogP contribution in [0.25, 0.3) is 0 Å². The number of hydrogen-bond acceptors (Lipinski definition) is 2. The van der Waals surface area contributed by atoms with Crippen LogP contribution in [0.1, 0.15) is 34.1 Å². The minimum atomic E-state index is -0.845. The van der Waals surface area contributed by atoms with E-state index in [9.17, 15) is 9.59 Å². The fraction of sp³-hybridized carbons (Fsp3) is 0.222. The molecule has 0 amide bonds. The number of benzene rings is 2. The van der Waals surface area contributed by atoms with Gasteiger partial charge < -0.3 is 0 Å². The Morgan fingerprint density at radius 2 is 1.20 bits per heavy atom. The van der Waals surface area contributed by atoms with Crippen LogP contribution in [-0.4, -0.2) is 11.6 Å². The van der Waals surface area contributed by atoms with Crippen LogP contribution < -0.4 is 0 Å². The van der Waals surface area contributed by atoms with Gasteiger partial charge in [-0.3, -0.25) is 9.59 Å². The third-order valence-electron chi connectivity index (χ3n) is 4.19. The van der Waals surface area contributed by atoms with E-state index >= 15 is 0 Å². The van der Waals surface area contributed by atoms with Crippen molar-refractivity contribution in [2.45, 2.75) is 13.3 Å². The Morgan fingerprint density at radius 3 is 1.50 bits per heavy atom. The highest BCUT2D eigenvalue weighted by Gasteiger charge is 2.62. The topological polar surface area (TPSA) is 34.1 Å². The molecule has 3 rings (SSSR count). The molecule has 0 saturated heterocycles. The van der Waals surface area contributed by atoms with Crippen LogP contribution in [0.5, 0.6) is 0 Å². The number of carbonyl (C=O) groups excluding carboxylic acids is 2. The van der Waals surface area contributed by atoms with E-state index in [1.165, 1.54) is 0 Å². The van der Waals surface area contributed by atoms with E-state index < -0.39 is 5.41 Å². The first-order valence-corrected chi connectivity index (χ1v) is 6.86. The van der Waals surface area contributed by atoms with Crippen LogP contribution in [0, 0.1) is 11.3 Å². The lowest BCUT2D eigenvalue weighted by Crippen LogP contribution is -2.28. The Labute approximate surface area is 118 Å².